The zero-order valence-corrected chi connectivity index (χ0v) is 49.0. The molecule has 0 unspecified atom stereocenters. The summed E-state index contributed by atoms with van der Waals surface area (Å²) in [4.78, 5) is 150. The Labute approximate surface area is 484 Å². The maximum Gasteiger partial charge on any atom is 0.245 e. The second-order valence-electron chi connectivity index (χ2n) is 21.8. The lowest BCUT2D eigenvalue weighted by Gasteiger charge is -2.31. The SMILES string of the molecule is CC(C)C[C@H](NC(=O)[C@H](CC(N)=O)NC(=O)[C@@H](C)CC(C)C)C(=O)N[C@H](C(=O)N[C@H](C(=O)N[C@@H](CCCNC(=N)N)C(=O)N[C@@H](CCC(N)=O)C(=O)N[C@@H](CCCNC(=N)N)C(=O)N(C)[C@@H](Cc1ccc(O)cc1)C(N)=O)[C@@H](C)O)C(C)C. The van der Waals surface area contributed by atoms with E-state index in [1.807, 2.05) is 13.8 Å². The number of guanidine groups is 2. The number of nitrogens with two attached hydrogens (primary N) is 5. The van der Waals surface area contributed by atoms with Crippen LogP contribution in [0, 0.1) is 34.5 Å². The third kappa shape index (κ3) is 27.8. The number of primary amides is 3. The van der Waals surface area contributed by atoms with E-state index in [1.165, 1.54) is 31.3 Å². The van der Waals surface area contributed by atoms with Gasteiger partial charge < -0.3 is 91.6 Å². The second kappa shape index (κ2) is 36.2. The molecule has 83 heavy (non-hydrogen) atoms. The van der Waals surface area contributed by atoms with Crippen molar-refractivity contribution in [3.05, 3.63) is 29.8 Å². The third-order valence-electron chi connectivity index (χ3n) is 13.0. The van der Waals surface area contributed by atoms with E-state index in [0.29, 0.717) is 12.0 Å². The molecule has 23 N–H and O–H groups in total. The highest BCUT2D eigenvalue weighted by atomic mass is 16.3. The van der Waals surface area contributed by atoms with E-state index in [9.17, 15) is 63.0 Å². The summed E-state index contributed by atoms with van der Waals surface area (Å²) in [7, 11) is 1.28. The minimum Gasteiger partial charge on any atom is -0.508 e. The molecular weight excluding hydrogens is 1080 g/mol. The largest absolute Gasteiger partial charge is 0.508 e. The minimum absolute atomic E-state index is 0.00204. The predicted octanol–water partition coefficient (Wildman–Crippen LogP) is -3.93. The molecule has 0 heterocycles. The van der Waals surface area contributed by atoms with Crippen LogP contribution in [0.2, 0.25) is 0 Å². The van der Waals surface area contributed by atoms with Crippen LogP contribution in [-0.4, -0.2) is 167 Å². The molecule has 0 radical (unpaired) electrons. The Hall–Kier alpha value is -8.31. The number of rotatable bonds is 38. The molecule has 11 amide bonds. The quantitative estimate of drug-likeness (QED) is 0.0171. The zero-order chi connectivity index (χ0) is 63.4. The number of nitrogens with zero attached hydrogens (tertiary/aromatic N) is 1. The van der Waals surface area contributed by atoms with E-state index < -0.39 is 156 Å². The van der Waals surface area contributed by atoms with E-state index in [-0.39, 0.29) is 75.2 Å². The number of likely N-dealkylation sites (N-methyl/N-ethyl adjacent to an activating group) is 1. The molecule has 0 saturated carbocycles. The highest BCUT2D eigenvalue weighted by Crippen LogP contribution is 2.17. The van der Waals surface area contributed by atoms with Crippen LogP contribution in [0.5, 0.6) is 5.75 Å². The van der Waals surface area contributed by atoms with E-state index >= 15 is 0 Å². The molecule has 0 aliphatic carbocycles. The molecule has 0 bridgehead atoms. The third-order valence-corrected chi connectivity index (χ3v) is 13.0. The molecule has 30 heteroatoms. The van der Waals surface area contributed by atoms with Gasteiger partial charge in [0.05, 0.1) is 12.5 Å². The molecule has 0 saturated heterocycles. The Morgan fingerprint density at radius 3 is 1.43 bits per heavy atom. The summed E-state index contributed by atoms with van der Waals surface area (Å²) in [6.45, 7) is 13.3. The number of carbonyl (C=O) groups excluding carboxylic acids is 11. The molecule has 0 aliphatic rings. The van der Waals surface area contributed by atoms with Crippen LogP contribution in [-0.2, 0) is 59.2 Å². The fourth-order valence-electron chi connectivity index (χ4n) is 8.58. The number of nitrogens with one attached hydrogen (secondary N) is 11. The highest BCUT2D eigenvalue weighted by molar-refractivity contribution is 5.99. The average Bonchev–Trinajstić information content (AvgIpc) is 3.50. The summed E-state index contributed by atoms with van der Waals surface area (Å²) in [5.41, 5.74) is 28.0. The normalized spacial score (nSPS) is 14.8. The molecule has 0 spiro atoms. The number of phenols is 1. The van der Waals surface area contributed by atoms with Crippen molar-refractivity contribution in [1.29, 1.82) is 10.8 Å². The van der Waals surface area contributed by atoms with E-state index in [4.69, 9.17) is 39.5 Å². The number of hydrogen-bond donors (Lipinski definition) is 18. The number of aliphatic hydroxyl groups is 1. The molecule has 0 aromatic heterocycles. The standard InChI is InChI=1S/C53H91N17O13/c1-26(2)22-29(7)44(76)66-37(25-40(55)74)47(79)67-36(23-27(3)4)48(80)68-41(28(5)6)49(81)69-42(30(8)71)50(82)64-33(12-10-20-61-52(57)58)45(77)63-34(18-19-39(54)73)46(78)65-35(13-11-21-62-53(59)60)51(83)70(9)38(43(56)75)24-31-14-16-32(72)17-15-31/h14-17,26-30,33-38,41-42,71-72H,10-13,18-25H2,1-9H3,(H2,54,73)(H2,55,74)(H2,56,75)(H,63,77)(H,64,82)(H,65,78)(H,66,76)(H,67,79)(H,68,80)(H,69,81)(H4,57,58,61)(H4,59,60,62)/t29-,30+,33-,34-,35-,36-,37-,38-,41-,42-/m0/s1. The van der Waals surface area contributed by atoms with E-state index in [1.54, 1.807) is 34.6 Å². The number of benzene rings is 1. The molecule has 1 rings (SSSR count). The molecular formula is C53H91N17O13. The topological polar surface area (TPSA) is 518 Å². The molecule has 0 fully saturated rings. The lowest BCUT2D eigenvalue weighted by molar-refractivity contribution is -0.141. The number of hydrogen-bond acceptors (Lipinski definition) is 15. The van der Waals surface area contributed by atoms with Gasteiger partial charge in [0.2, 0.25) is 65.0 Å². The Kier molecular flexibility index (Phi) is 31.7. The number of phenolic OH excluding ortho intramolecular Hbond substituents is 1. The predicted molar refractivity (Wildman–Crippen MR) is 306 cm³/mol. The van der Waals surface area contributed by atoms with Crippen molar-refractivity contribution in [2.75, 3.05) is 20.1 Å². The van der Waals surface area contributed by atoms with E-state index in [2.05, 4.69) is 47.9 Å². The van der Waals surface area contributed by atoms with Gasteiger partial charge in [-0.1, -0.05) is 60.6 Å². The van der Waals surface area contributed by atoms with Crippen molar-refractivity contribution in [2.45, 2.75) is 174 Å². The summed E-state index contributed by atoms with van der Waals surface area (Å²) < 4.78 is 0. The van der Waals surface area contributed by atoms with Crippen LogP contribution in [0.25, 0.3) is 0 Å². The monoisotopic (exact) mass is 1170 g/mol. The van der Waals surface area contributed by atoms with Crippen LogP contribution < -0.4 is 76.5 Å². The molecule has 0 aliphatic heterocycles. The first-order valence-electron chi connectivity index (χ1n) is 27.5. The van der Waals surface area contributed by atoms with Gasteiger partial charge in [-0.05, 0) is 87.3 Å². The minimum atomic E-state index is -1.82. The highest BCUT2D eigenvalue weighted by Gasteiger charge is 2.38. The number of aliphatic hydroxyl groups excluding tert-OH is 1. The van der Waals surface area contributed by atoms with Crippen molar-refractivity contribution in [3.63, 3.8) is 0 Å². The van der Waals surface area contributed by atoms with Gasteiger partial charge in [0.25, 0.3) is 0 Å². The Balaban J connectivity index is 3.60. The van der Waals surface area contributed by atoms with Gasteiger partial charge >= 0.3 is 0 Å². The first-order valence-corrected chi connectivity index (χ1v) is 27.5. The fraction of sp³-hybridized carbons (Fsp3) is 0.642. The van der Waals surface area contributed by atoms with Gasteiger partial charge in [0.15, 0.2) is 11.9 Å². The Morgan fingerprint density at radius 1 is 0.530 bits per heavy atom. The maximum atomic E-state index is 14.3. The number of aromatic hydroxyl groups is 1. The molecule has 1 aromatic carbocycles. The van der Waals surface area contributed by atoms with Crippen molar-refractivity contribution in [2.24, 2.45) is 52.3 Å². The molecule has 466 valence electrons. The van der Waals surface area contributed by atoms with Gasteiger partial charge in [0.1, 0.15) is 54.1 Å². The number of carbonyl (C=O) groups is 11. The fourth-order valence-corrected chi connectivity index (χ4v) is 8.58. The molecule has 10 atom stereocenters. The average molecular weight is 1170 g/mol. The summed E-state index contributed by atoms with van der Waals surface area (Å²) in [6.07, 6.45) is -2.96. The van der Waals surface area contributed by atoms with Gasteiger partial charge in [-0.3, -0.25) is 63.6 Å². The van der Waals surface area contributed by atoms with Crippen molar-refractivity contribution in [3.8, 4) is 5.75 Å². The van der Waals surface area contributed by atoms with Gasteiger partial charge in [-0.25, -0.2) is 0 Å². The second-order valence-corrected chi connectivity index (χ2v) is 21.8. The van der Waals surface area contributed by atoms with Gasteiger partial charge in [0, 0.05) is 38.9 Å². The summed E-state index contributed by atoms with van der Waals surface area (Å²) in [6, 6.07) is -6.13. The Morgan fingerprint density at radius 2 is 0.964 bits per heavy atom. The van der Waals surface area contributed by atoms with Crippen molar-refractivity contribution >= 4 is 76.9 Å². The Bertz CT molecular complexity index is 2410. The van der Waals surface area contributed by atoms with Gasteiger partial charge in [-0.15, -0.1) is 0 Å². The zero-order valence-electron chi connectivity index (χ0n) is 49.0. The first kappa shape index (κ1) is 72.7. The summed E-state index contributed by atoms with van der Waals surface area (Å²) in [5, 5.41) is 58.6. The maximum absolute atomic E-state index is 14.3. The lowest BCUT2D eigenvalue weighted by Crippen LogP contribution is -2.62. The van der Waals surface area contributed by atoms with Crippen molar-refractivity contribution in [1.82, 2.24) is 52.8 Å². The van der Waals surface area contributed by atoms with Crippen LogP contribution in [0.4, 0.5) is 0 Å². The van der Waals surface area contributed by atoms with Gasteiger partial charge in [-0.2, -0.15) is 0 Å². The van der Waals surface area contributed by atoms with Crippen LogP contribution >= 0.6 is 0 Å². The number of amides is 11. The summed E-state index contributed by atoms with van der Waals surface area (Å²) in [5.74, 6) is -12.1. The van der Waals surface area contributed by atoms with E-state index in [0.717, 1.165) is 11.8 Å². The first-order chi connectivity index (χ1) is 38.6. The smallest absolute Gasteiger partial charge is 0.245 e. The molecule has 1 aromatic rings. The summed E-state index contributed by atoms with van der Waals surface area (Å²) >= 11 is 0. The lowest BCUT2D eigenvalue weighted by atomic mass is 9.97. The van der Waals surface area contributed by atoms with Crippen molar-refractivity contribution < 1.29 is 63.0 Å². The van der Waals surface area contributed by atoms with Crippen LogP contribution in [0.1, 0.15) is 119 Å². The van der Waals surface area contributed by atoms with Crippen LogP contribution in [0.3, 0.4) is 0 Å². The van der Waals surface area contributed by atoms with Crippen LogP contribution in [0.15, 0.2) is 24.3 Å². The molecule has 30 nitrogen and oxygen atoms in total.